The van der Waals surface area contributed by atoms with Crippen LogP contribution in [-0.2, 0) is 13.1 Å². The van der Waals surface area contributed by atoms with Gasteiger partial charge < -0.3 is 11.5 Å². The second-order valence-electron chi connectivity index (χ2n) is 2.18. The highest BCUT2D eigenvalue weighted by molar-refractivity contribution is 8.93. The molecular weight excluding hydrogens is 204 g/mol. The lowest BCUT2D eigenvalue weighted by molar-refractivity contribution is 0.980. The Bertz CT molecular complexity index is 190. The molecule has 0 aliphatic carbocycles. The highest BCUT2D eigenvalue weighted by Gasteiger charge is 1.94. The van der Waals surface area contributed by atoms with Crippen LogP contribution in [0.5, 0.6) is 0 Å². The zero-order chi connectivity index (χ0) is 7.40. The van der Waals surface area contributed by atoms with Gasteiger partial charge in [0.1, 0.15) is 0 Å². The molecule has 1 aromatic rings. The number of nitrogens with two attached hydrogens (primary N) is 2. The van der Waals surface area contributed by atoms with Crippen LogP contribution in [0, 0.1) is 0 Å². The number of benzene rings is 1. The van der Waals surface area contributed by atoms with Gasteiger partial charge in [-0.05, 0) is 11.1 Å². The Labute approximate surface area is 77.4 Å². The Morgan fingerprint density at radius 3 is 1.55 bits per heavy atom. The van der Waals surface area contributed by atoms with Gasteiger partial charge in [-0.3, -0.25) is 0 Å². The molecule has 0 aliphatic rings. The van der Waals surface area contributed by atoms with Crippen molar-refractivity contribution in [3.05, 3.63) is 35.4 Å². The van der Waals surface area contributed by atoms with Gasteiger partial charge in [-0.2, -0.15) is 0 Å². The van der Waals surface area contributed by atoms with E-state index in [1.54, 1.807) is 0 Å². The van der Waals surface area contributed by atoms with Gasteiger partial charge in [0.05, 0.1) is 0 Å². The van der Waals surface area contributed by atoms with Gasteiger partial charge in [-0.25, -0.2) is 0 Å². The van der Waals surface area contributed by atoms with Crippen LogP contribution in [0.3, 0.4) is 0 Å². The van der Waals surface area contributed by atoms with Crippen LogP contribution >= 0.6 is 17.0 Å². The Morgan fingerprint density at radius 1 is 0.909 bits per heavy atom. The fraction of sp³-hybridized carbons (Fsp3) is 0.250. The molecule has 0 spiro atoms. The van der Waals surface area contributed by atoms with Crippen molar-refractivity contribution < 1.29 is 0 Å². The van der Waals surface area contributed by atoms with Crippen LogP contribution < -0.4 is 11.5 Å². The van der Waals surface area contributed by atoms with Crippen LogP contribution in [0.15, 0.2) is 24.3 Å². The summed E-state index contributed by atoms with van der Waals surface area (Å²) in [7, 11) is 0. The maximum atomic E-state index is 5.47. The van der Waals surface area contributed by atoms with Crippen LogP contribution in [0.25, 0.3) is 0 Å². The average Bonchev–Trinajstić information content (AvgIpc) is 2.04. The summed E-state index contributed by atoms with van der Waals surface area (Å²) in [6, 6.07) is 7.95. The first-order valence-corrected chi connectivity index (χ1v) is 3.35. The Kier molecular flexibility index (Phi) is 5.11. The number of hydrogen-bond donors (Lipinski definition) is 2. The molecule has 0 saturated carbocycles. The lowest BCUT2D eigenvalue weighted by Gasteiger charge is -2.02. The average molecular weight is 217 g/mol. The van der Waals surface area contributed by atoms with Crippen molar-refractivity contribution in [3.63, 3.8) is 0 Å². The molecule has 2 nitrogen and oxygen atoms in total. The van der Waals surface area contributed by atoms with Crippen LogP contribution in [0.1, 0.15) is 11.1 Å². The van der Waals surface area contributed by atoms with Crippen molar-refractivity contribution in [2.24, 2.45) is 11.5 Å². The fourth-order valence-electron chi connectivity index (χ4n) is 0.956. The first kappa shape index (κ1) is 10.6. The molecule has 0 heterocycles. The summed E-state index contributed by atoms with van der Waals surface area (Å²) in [5, 5.41) is 0. The van der Waals surface area contributed by atoms with E-state index in [0.717, 1.165) is 11.1 Å². The summed E-state index contributed by atoms with van der Waals surface area (Å²) in [5.74, 6) is 0. The van der Waals surface area contributed by atoms with Crippen molar-refractivity contribution in [2.45, 2.75) is 13.1 Å². The number of hydrogen-bond acceptors (Lipinski definition) is 2. The third-order valence-electron chi connectivity index (χ3n) is 1.56. The summed E-state index contributed by atoms with van der Waals surface area (Å²) in [6.07, 6.45) is 0. The van der Waals surface area contributed by atoms with Crippen molar-refractivity contribution >= 4 is 17.0 Å². The van der Waals surface area contributed by atoms with E-state index in [0.29, 0.717) is 13.1 Å². The lowest BCUT2D eigenvalue weighted by atomic mass is 10.1. The second kappa shape index (κ2) is 5.29. The second-order valence-corrected chi connectivity index (χ2v) is 2.18. The molecule has 0 bridgehead atoms. The summed E-state index contributed by atoms with van der Waals surface area (Å²) in [6.45, 7) is 1.15. The molecule has 62 valence electrons. The van der Waals surface area contributed by atoms with Gasteiger partial charge in [0, 0.05) is 13.1 Å². The van der Waals surface area contributed by atoms with Gasteiger partial charge in [-0.15, -0.1) is 17.0 Å². The number of rotatable bonds is 2. The molecule has 0 radical (unpaired) electrons. The Balaban J connectivity index is 0.000001000. The van der Waals surface area contributed by atoms with Crippen molar-refractivity contribution in [1.82, 2.24) is 0 Å². The topological polar surface area (TPSA) is 52.0 Å². The molecule has 1 rings (SSSR count). The summed E-state index contributed by atoms with van der Waals surface area (Å²) < 4.78 is 0. The van der Waals surface area contributed by atoms with E-state index >= 15 is 0 Å². The van der Waals surface area contributed by atoms with Crippen LogP contribution in [-0.4, -0.2) is 0 Å². The maximum absolute atomic E-state index is 5.47. The fourth-order valence-corrected chi connectivity index (χ4v) is 0.956. The Morgan fingerprint density at radius 2 is 1.27 bits per heavy atom. The molecule has 1 aromatic carbocycles. The van der Waals surface area contributed by atoms with Crippen molar-refractivity contribution in [1.29, 1.82) is 0 Å². The minimum absolute atomic E-state index is 0. The highest BCUT2D eigenvalue weighted by Crippen LogP contribution is 2.05. The minimum Gasteiger partial charge on any atom is -0.326 e. The van der Waals surface area contributed by atoms with Crippen molar-refractivity contribution in [2.75, 3.05) is 0 Å². The molecule has 0 unspecified atom stereocenters. The third kappa shape index (κ3) is 2.61. The van der Waals surface area contributed by atoms with Gasteiger partial charge in [0.25, 0.3) is 0 Å². The smallest absolute Gasteiger partial charge is 0.0181 e. The van der Waals surface area contributed by atoms with Crippen molar-refractivity contribution in [3.8, 4) is 0 Å². The maximum Gasteiger partial charge on any atom is 0.0181 e. The molecule has 4 N–H and O–H groups in total. The quantitative estimate of drug-likeness (QED) is 0.781. The highest BCUT2D eigenvalue weighted by atomic mass is 79.9. The van der Waals surface area contributed by atoms with E-state index in [2.05, 4.69) is 0 Å². The molecule has 0 aromatic heterocycles. The van der Waals surface area contributed by atoms with E-state index in [4.69, 9.17) is 11.5 Å². The number of halogens is 1. The summed E-state index contributed by atoms with van der Waals surface area (Å²) >= 11 is 0. The monoisotopic (exact) mass is 216 g/mol. The molecule has 0 amide bonds. The normalized spacial score (nSPS) is 8.91. The zero-order valence-corrected chi connectivity index (χ0v) is 8.00. The van der Waals surface area contributed by atoms with E-state index in [9.17, 15) is 0 Å². The molecule has 0 aliphatic heterocycles. The van der Waals surface area contributed by atoms with E-state index < -0.39 is 0 Å². The van der Waals surface area contributed by atoms with Gasteiger partial charge in [0.2, 0.25) is 0 Å². The first-order valence-electron chi connectivity index (χ1n) is 3.35. The lowest BCUT2D eigenvalue weighted by Crippen LogP contribution is -2.05. The standard InChI is InChI=1S/C8H12N2.BrH/c9-5-7-3-1-2-4-8(7)6-10;/h1-4H,5-6,9-10H2;1H. The summed E-state index contributed by atoms with van der Waals surface area (Å²) in [5.41, 5.74) is 13.2. The van der Waals surface area contributed by atoms with E-state index in [-0.39, 0.29) is 17.0 Å². The van der Waals surface area contributed by atoms with Crippen LogP contribution in [0.2, 0.25) is 0 Å². The molecule has 0 fully saturated rings. The zero-order valence-electron chi connectivity index (χ0n) is 6.29. The molecule has 3 heteroatoms. The van der Waals surface area contributed by atoms with Gasteiger partial charge in [-0.1, -0.05) is 24.3 Å². The van der Waals surface area contributed by atoms with E-state index in [1.807, 2.05) is 24.3 Å². The Hall–Kier alpha value is -0.380. The summed E-state index contributed by atoms with van der Waals surface area (Å²) in [4.78, 5) is 0. The van der Waals surface area contributed by atoms with Crippen LogP contribution in [0.4, 0.5) is 0 Å². The van der Waals surface area contributed by atoms with Gasteiger partial charge >= 0.3 is 0 Å². The first-order chi connectivity index (χ1) is 4.88. The molecule has 0 atom stereocenters. The SMILES string of the molecule is Br.NCc1ccccc1CN. The van der Waals surface area contributed by atoms with E-state index in [1.165, 1.54) is 0 Å². The largest absolute Gasteiger partial charge is 0.326 e. The van der Waals surface area contributed by atoms with Gasteiger partial charge in [0.15, 0.2) is 0 Å². The predicted molar refractivity (Wildman–Crippen MR) is 52.5 cm³/mol. The molecule has 0 saturated heterocycles. The molecular formula is C8H13BrN2. The predicted octanol–water partition coefficient (Wildman–Crippen LogP) is 1.18. The molecule has 11 heavy (non-hydrogen) atoms. The minimum atomic E-state index is 0. The third-order valence-corrected chi connectivity index (χ3v) is 1.56.